The second-order valence-electron chi connectivity index (χ2n) is 12.8. The Labute approximate surface area is 270 Å². The lowest BCUT2D eigenvalue weighted by atomic mass is 10.0. The second-order valence-corrected chi connectivity index (χ2v) is 16.4. The zero-order valence-electron chi connectivity index (χ0n) is 26.7. The molecule has 2 aromatic heterocycles. The van der Waals surface area contributed by atoms with Gasteiger partial charge in [-0.05, 0) is 76.4 Å². The average Bonchev–Trinajstić information content (AvgIpc) is 3.51. The molecule has 0 bridgehead atoms. The first-order valence-corrected chi connectivity index (χ1v) is 17.9. The lowest BCUT2D eigenvalue weighted by molar-refractivity contribution is 0.0982. The summed E-state index contributed by atoms with van der Waals surface area (Å²) in [5.41, 5.74) is 3.13. The maximum atomic E-state index is 13.4. The first-order chi connectivity index (χ1) is 21.5. The minimum Gasteiger partial charge on any atom is -0.494 e. The van der Waals surface area contributed by atoms with Crippen molar-refractivity contribution in [1.82, 2.24) is 19.8 Å². The summed E-state index contributed by atoms with van der Waals surface area (Å²) in [4.78, 5) is 17.3. The highest BCUT2D eigenvalue weighted by Gasteiger charge is 2.33. The van der Waals surface area contributed by atoms with Gasteiger partial charge in [-0.2, -0.15) is 4.98 Å². The summed E-state index contributed by atoms with van der Waals surface area (Å²) in [6.45, 7) is 11.8. The van der Waals surface area contributed by atoms with Crippen LogP contribution < -0.4 is 20.3 Å². The van der Waals surface area contributed by atoms with E-state index in [1.165, 1.54) is 11.3 Å². The summed E-state index contributed by atoms with van der Waals surface area (Å²) in [5, 5.41) is 8.62. The fourth-order valence-electron chi connectivity index (χ4n) is 6.04. The third kappa shape index (κ3) is 6.60. The third-order valence-corrected chi connectivity index (χ3v) is 12.3. The van der Waals surface area contributed by atoms with Crippen LogP contribution in [0.15, 0.2) is 58.8 Å². The Kier molecular flexibility index (Phi) is 8.93. The molecule has 0 radical (unpaired) electrons. The molecule has 2 saturated heterocycles. The minimum atomic E-state index is -3.60. The van der Waals surface area contributed by atoms with Crippen molar-refractivity contribution in [3.8, 4) is 5.75 Å². The van der Waals surface area contributed by atoms with Gasteiger partial charge in [-0.15, -0.1) is 11.3 Å². The molecule has 2 aliphatic heterocycles. The molecule has 0 atom stereocenters. The van der Waals surface area contributed by atoms with E-state index in [0.717, 1.165) is 73.7 Å². The number of hydrogen-bond donors (Lipinski definition) is 2. The normalized spacial score (nSPS) is 17.5. The topological polar surface area (TPSA) is 103 Å². The molecule has 0 spiro atoms. The summed E-state index contributed by atoms with van der Waals surface area (Å²) in [6.07, 6.45) is 2.33. The van der Waals surface area contributed by atoms with Crippen LogP contribution in [0.25, 0.3) is 10.2 Å². The Morgan fingerprint density at radius 3 is 2.36 bits per heavy atom. The highest BCUT2D eigenvalue weighted by atomic mass is 32.2. The van der Waals surface area contributed by atoms with Gasteiger partial charge in [0.05, 0.1) is 38.3 Å². The number of piperidine rings is 1. The third-order valence-electron chi connectivity index (χ3n) is 8.85. The van der Waals surface area contributed by atoms with E-state index in [0.29, 0.717) is 29.2 Å². The molecule has 2 fully saturated rings. The van der Waals surface area contributed by atoms with E-state index in [1.54, 1.807) is 46.1 Å². The Hall–Kier alpha value is -3.45. The molecule has 0 amide bonds. The van der Waals surface area contributed by atoms with Crippen molar-refractivity contribution in [3.05, 3.63) is 53.9 Å². The number of likely N-dealkylation sites (N-methyl/N-ethyl adjacent to an activating group) is 1. The van der Waals surface area contributed by atoms with Crippen LogP contribution in [0.3, 0.4) is 0 Å². The zero-order chi connectivity index (χ0) is 31.8. The van der Waals surface area contributed by atoms with Gasteiger partial charge in [0, 0.05) is 57.1 Å². The lowest BCUT2D eigenvalue weighted by Gasteiger charge is -2.42. The molecule has 4 heterocycles. The predicted octanol–water partition coefficient (Wildman–Crippen LogP) is 5.98. The van der Waals surface area contributed by atoms with Crippen molar-refractivity contribution in [1.29, 1.82) is 0 Å². The Balaban J connectivity index is 1.21. The van der Waals surface area contributed by atoms with Gasteiger partial charge in [0.15, 0.2) is 15.7 Å². The predicted molar refractivity (Wildman–Crippen MR) is 185 cm³/mol. The van der Waals surface area contributed by atoms with Crippen LogP contribution in [0.4, 0.5) is 28.8 Å². The van der Waals surface area contributed by atoms with E-state index >= 15 is 0 Å². The number of para-hydroxylation sites is 1. The van der Waals surface area contributed by atoms with Gasteiger partial charge >= 0.3 is 0 Å². The summed E-state index contributed by atoms with van der Waals surface area (Å²) >= 11 is 1.50. The Morgan fingerprint density at radius 1 is 0.911 bits per heavy atom. The SMILES string of the molecule is COc1cc(N2CCC(N3CCN(C)CC3)CC2)ccc1Nc1nc(Nc2ccccc2S(=O)(=O)C(C)(C)C)c2sccc2n1. The Morgan fingerprint density at radius 2 is 1.64 bits per heavy atom. The van der Waals surface area contributed by atoms with Crippen molar-refractivity contribution in [3.63, 3.8) is 0 Å². The molecule has 45 heavy (non-hydrogen) atoms. The number of nitrogens with one attached hydrogen (secondary N) is 2. The number of fused-ring (bicyclic) bond motifs is 1. The summed E-state index contributed by atoms with van der Waals surface area (Å²) in [5.74, 6) is 1.63. The van der Waals surface area contributed by atoms with Gasteiger partial charge in [0.25, 0.3) is 0 Å². The van der Waals surface area contributed by atoms with Crippen LogP contribution >= 0.6 is 11.3 Å². The molecule has 0 unspecified atom stereocenters. The first-order valence-electron chi connectivity index (χ1n) is 15.5. The molecular weight excluding hydrogens is 607 g/mol. The largest absolute Gasteiger partial charge is 0.494 e. The monoisotopic (exact) mass is 649 g/mol. The molecule has 10 nitrogen and oxygen atoms in total. The number of piperazine rings is 1. The number of anilines is 5. The van der Waals surface area contributed by atoms with Gasteiger partial charge in [0.2, 0.25) is 5.95 Å². The van der Waals surface area contributed by atoms with Crippen LogP contribution in [-0.2, 0) is 9.84 Å². The summed E-state index contributed by atoms with van der Waals surface area (Å²) < 4.78 is 32.5. The minimum absolute atomic E-state index is 0.236. The van der Waals surface area contributed by atoms with Crippen molar-refractivity contribution in [2.45, 2.75) is 49.3 Å². The van der Waals surface area contributed by atoms with Crippen molar-refractivity contribution in [2.75, 3.05) is 69.0 Å². The molecule has 2 N–H and O–H groups in total. The molecule has 6 rings (SSSR count). The number of aromatic nitrogens is 2. The maximum absolute atomic E-state index is 13.4. The van der Waals surface area contributed by atoms with E-state index in [4.69, 9.17) is 14.7 Å². The zero-order valence-corrected chi connectivity index (χ0v) is 28.3. The smallest absolute Gasteiger partial charge is 0.229 e. The fourth-order valence-corrected chi connectivity index (χ4v) is 8.14. The van der Waals surface area contributed by atoms with E-state index < -0.39 is 14.6 Å². The van der Waals surface area contributed by atoms with Gasteiger partial charge in [-0.1, -0.05) is 12.1 Å². The van der Waals surface area contributed by atoms with Crippen LogP contribution in [-0.4, -0.2) is 92.4 Å². The molecule has 240 valence electrons. The number of nitrogens with zero attached hydrogens (tertiary/aromatic N) is 5. The van der Waals surface area contributed by atoms with Crippen molar-refractivity contribution in [2.24, 2.45) is 0 Å². The molecule has 2 aliphatic rings. The number of sulfone groups is 1. The molecular formula is C33H43N7O3S2. The van der Waals surface area contributed by atoms with Crippen molar-refractivity contribution >= 4 is 60.2 Å². The lowest BCUT2D eigenvalue weighted by Crippen LogP contribution is -2.52. The molecule has 0 aliphatic carbocycles. The fraction of sp³-hybridized carbons (Fsp3) is 0.455. The van der Waals surface area contributed by atoms with Gasteiger partial charge < -0.3 is 25.2 Å². The number of thiophene rings is 1. The van der Waals surface area contributed by atoms with Crippen LogP contribution in [0, 0.1) is 0 Å². The van der Waals surface area contributed by atoms with Crippen LogP contribution in [0.2, 0.25) is 0 Å². The molecule has 4 aromatic rings. The Bertz CT molecular complexity index is 1750. The quantitative estimate of drug-likeness (QED) is 0.237. The number of benzene rings is 2. The summed E-state index contributed by atoms with van der Waals surface area (Å²) in [7, 11) is 0.276. The van der Waals surface area contributed by atoms with Crippen molar-refractivity contribution < 1.29 is 13.2 Å². The van der Waals surface area contributed by atoms with Gasteiger partial charge in [0.1, 0.15) is 5.75 Å². The van der Waals surface area contributed by atoms with Crippen LogP contribution in [0.1, 0.15) is 33.6 Å². The molecule has 12 heteroatoms. The standard InChI is InChI=1S/C33H43N7O3S2/c1-33(2,3)45(41,42)29-9-7-6-8-26(29)34-31-30-27(14-21-44-30)36-32(37-31)35-25-11-10-24(22-28(25)43-5)39-15-12-23(13-16-39)40-19-17-38(4)18-20-40/h6-11,14,21-23H,12-13,15-20H2,1-5H3,(H2,34,35,36,37). The summed E-state index contributed by atoms with van der Waals surface area (Å²) in [6, 6.07) is 15.8. The molecule has 0 saturated carbocycles. The highest BCUT2D eigenvalue weighted by Crippen LogP contribution is 2.37. The highest BCUT2D eigenvalue weighted by molar-refractivity contribution is 7.93. The van der Waals surface area contributed by atoms with E-state index in [1.807, 2.05) is 23.6 Å². The van der Waals surface area contributed by atoms with Gasteiger partial charge in [-0.25, -0.2) is 13.4 Å². The van der Waals surface area contributed by atoms with E-state index in [2.05, 4.69) is 44.5 Å². The second kappa shape index (κ2) is 12.7. The van der Waals surface area contributed by atoms with Gasteiger partial charge in [-0.3, -0.25) is 4.90 Å². The molecule has 2 aromatic carbocycles. The number of ether oxygens (including phenoxy) is 1. The van der Waals surface area contributed by atoms with E-state index in [-0.39, 0.29) is 4.90 Å². The number of hydrogen-bond acceptors (Lipinski definition) is 11. The maximum Gasteiger partial charge on any atom is 0.229 e. The number of methoxy groups -OCH3 is 1. The van der Waals surface area contributed by atoms with Crippen LogP contribution in [0.5, 0.6) is 5.75 Å². The average molecular weight is 650 g/mol. The first kappa shape index (κ1) is 31.5. The number of rotatable bonds is 8. The van der Waals surface area contributed by atoms with E-state index in [9.17, 15) is 8.42 Å².